The van der Waals surface area contributed by atoms with Gasteiger partial charge in [-0.3, -0.25) is 9.59 Å². The number of rotatable bonds is 5. The smallest absolute Gasteiger partial charge is 0.248 e. The molecule has 1 heterocycles. The molecule has 4 heteroatoms. The minimum Gasteiger partial charge on any atom is -0.342 e. The van der Waals surface area contributed by atoms with Crippen molar-refractivity contribution in [3.8, 4) is 0 Å². The van der Waals surface area contributed by atoms with Crippen LogP contribution in [-0.2, 0) is 16.0 Å². The molecule has 0 radical (unpaired) electrons. The SMILES string of the molecule is CC=CC=CC(=O)Nc1ccc(CC(=O)N2CCCC2)cc1. The molecule has 0 unspecified atom stereocenters. The molecule has 1 N–H and O–H groups in total. The Kier molecular flexibility index (Phi) is 5.95. The third kappa shape index (κ3) is 4.88. The van der Waals surface area contributed by atoms with Crippen LogP contribution in [0.25, 0.3) is 0 Å². The van der Waals surface area contributed by atoms with E-state index >= 15 is 0 Å². The van der Waals surface area contributed by atoms with Crippen molar-refractivity contribution in [1.82, 2.24) is 4.90 Å². The molecule has 116 valence electrons. The Morgan fingerprint density at radius 2 is 1.82 bits per heavy atom. The van der Waals surface area contributed by atoms with E-state index in [4.69, 9.17) is 0 Å². The van der Waals surface area contributed by atoms with Crippen molar-refractivity contribution in [2.24, 2.45) is 0 Å². The molecule has 2 amide bonds. The number of nitrogens with one attached hydrogen (secondary N) is 1. The van der Waals surface area contributed by atoms with E-state index < -0.39 is 0 Å². The lowest BCUT2D eigenvalue weighted by Crippen LogP contribution is -2.29. The molecule has 0 spiro atoms. The van der Waals surface area contributed by atoms with E-state index in [9.17, 15) is 9.59 Å². The largest absolute Gasteiger partial charge is 0.342 e. The molecule has 2 rings (SSSR count). The van der Waals surface area contributed by atoms with Crippen molar-refractivity contribution in [3.63, 3.8) is 0 Å². The lowest BCUT2D eigenvalue weighted by Gasteiger charge is -2.15. The summed E-state index contributed by atoms with van der Waals surface area (Å²) in [5.41, 5.74) is 1.70. The van der Waals surface area contributed by atoms with Gasteiger partial charge in [-0.25, -0.2) is 0 Å². The van der Waals surface area contributed by atoms with E-state index in [1.54, 1.807) is 12.2 Å². The van der Waals surface area contributed by atoms with Gasteiger partial charge >= 0.3 is 0 Å². The first-order valence-electron chi connectivity index (χ1n) is 7.66. The Labute approximate surface area is 131 Å². The maximum atomic E-state index is 12.1. The van der Waals surface area contributed by atoms with E-state index in [2.05, 4.69) is 5.32 Å². The van der Waals surface area contributed by atoms with Crippen molar-refractivity contribution < 1.29 is 9.59 Å². The number of allylic oxidation sites excluding steroid dienone is 3. The van der Waals surface area contributed by atoms with Gasteiger partial charge in [-0.05, 0) is 37.5 Å². The number of hydrogen-bond acceptors (Lipinski definition) is 2. The van der Waals surface area contributed by atoms with Gasteiger partial charge in [-0.2, -0.15) is 0 Å². The third-order valence-corrected chi connectivity index (χ3v) is 3.59. The maximum absolute atomic E-state index is 12.1. The van der Waals surface area contributed by atoms with Crippen LogP contribution in [0.15, 0.2) is 48.6 Å². The Morgan fingerprint density at radius 1 is 1.14 bits per heavy atom. The van der Waals surface area contributed by atoms with Gasteiger partial charge in [0.15, 0.2) is 0 Å². The van der Waals surface area contributed by atoms with E-state index in [0.717, 1.165) is 37.2 Å². The summed E-state index contributed by atoms with van der Waals surface area (Å²) in [4.78, 5) is 25.6. The minimum atomic E-state index is -0.168. The fourth-order valence-electron chi connectivity index (χ4n) is 2.40. The summed E-state index contributed by atoms with van der Waals surface area (Å²) >= 11 is 0. The van der Waals surface area contributed by atoms with Crippen LogP contribution in [0.2, 0.25) is 0 Å². The first-order chi connectivity index (χ1) is 10.7. The standard InChI is InChI=1S/C18H22N2O2/c1-2-3-4-7-17(21)19-16-10-8-15(9-11-16)14-18(22)20-12-5-6-13-20/h2-4,7-11H,5-6,12-14H2,1H3,(H,19,21). The summed E-state index contributed by atoms with van der Waals surface area (Å²) in [7, 11) is 0. The highest BCUT2D eigenvalue weighted by Crippen LogP contribution is 2.13. The molecule has 1 aromatic carbocycles. The zero-order valence-electron chi connectivity index (χ0n) is 12.9. The van der Waals surface area contributed by atoms with E-state index in [1.807, 2.05) is 42.2 Å². The van der Waals surface area contributed by atoms with Crippen molar-refractivity contribution in [2.45, 2.75) is 26.2 Å². The van der Waals surface area contributed by atoms with Gasteiger partial charge in [0.1, 0.15) is 0 Å². The number of anilines is 1. The second-order valence-electron chi connectivity index (χ2n) is 5.34. The lowest BCUT2D eigenvalue weighted by atomic mass is 10.1. The van der Waals surface area contributed by atoms with E-state index in [1.165, 1.54) is 6.08 Å². The van der Waals surface area contributed by atoms with Crippen molar-refractivity contribution in [1.29, 1.82) is 0 Å². The fourth-order valence-corrected chi connectivity index (χ4v) is 2.40. The predicted molar refractivity (Wildman–Crippen MR) is 88.5 cm³/mol. The van der Waals surface area contributed by atoms with Gasteiger partial charge in [0.2, 0.25) is 11.8 Å². The van der Waals surface area contributed by atoms with Crippen LogP contribution in [0.3, 0.4) is 0 Å². The maximum Gasteiger partial charge on any atom is 0.248 e. The van der Waals surface area contributed by atoms with Gasteiger partial charge in [0, 0.05) is 24.9 Å². The average Bonchev–Trinajstić information content (AvgIpc) is 3.04. The molecular formula is C18H22N2O2. The molecule has 0 aromatic heterocycles. The Balaban J connectivity index is 1.87. The average molecular weight is 298 g/mol. The Morgan fingerprint density at radius 3 is 2.45 bits per heavy atom. The molecule has 1 aliphatic heterocycles. The molecule has 0 aliphatic carbocycles. The molecular weight excluding hydrogens is 276 g/mol. The molecule has 4 nitrogen and oxygen atoms in total. The number of nitrogens with zero attached hydrogens (tertiary/aromatic N) is 1. The monoisotopic (exact) mass is 298 g/mol. The topological polar surface area (TPSA) is 49.4 Å². The molecule has 0 bridgehead atoms. The van der Waals surface area contributed by atoms with Crippen LogP contribution < -0.4 is 5.32 Å². The highest BCUT2D eigenvalue weighted by atomic mass is 16.2. The number of amides is 2. The molecule has 22 heavy (non-hydrogen) atoms. The van der Waals surface area contributed by atoms with Gasteiger partial charge in [-0.1, -0.05) is 30.4 Å². The molecule has 1 fully saturated rings. The number of likely N-dealkylation sites (tertiary alicyclic amines) is 1. The number of carbonyl (C=O) groups excluding carboxylic acids is 2. The van der Waals surface area contributed by atoms with Crippen molar-refractivity contribution in [3.05, 3.63) is 54.1 Å². The highest BCUT2D eigenvalue weighted by molar-refractivity contribution is 5.99. The summed E-state index contributed by atoms with van der Waals surface area (Å²) in [5.74, 6) is 0.0163. The second kappa shape index (κ2) is 8.17. The quantitative estimate of drug-likeness (QED) is 0.671. The van der Waals surface area contributed by atoms with Crippen LogP contribution in [0.5, 0.6) is 0 Å². The fraction of sp³-hybridized carbons (Fsp3) is 0.333. The van der Waals surface area contributed by atoms with Gasteiger partial charge < -0.3 is 10.2 Å². The molecule has 0 saturated carbocycles. The first kappa shape index (κ1) is 16.0. The molecule has 1 saturated heterocycles. The van der Waals surface area contributed by atoms with Crippen LogP contribution in [0.1, 0.15) is 25.3 Å². The second-order valence-corrected chi connectivity index (χ2v) is 5.34. The Hall–Kier alpha value is -2.36. The van der Waals surface area contributed by atoms with E-state index in [0.29, 0.717) is 6.42 Å². The van der Waals surface area contributed by atoms with Gasteiger partial charge in [0.25, 0.3) is 0 Å². The van der Waals surface area contributed by atoms with Crippen molar-refractivity contribution >= 4 is 17.5 Å². The third-order valence-electron chi connectivity index (χ3n) is 3.59. The first-order valence-corrected chi connectivity index (χ1v) is 7.66. The Bertz CT molecular complexity index is 567. The van der Waals surface area contributed by atoms with Crippen LogP contribution in [-0.4, -0.2) is 29.8 Å². The van der Waals surface area contributed by atoms with Crippen LogP contribution in [0.4, 0.5) is 5.69 Å². The number of benzene rings is 1. The summed E-state index contributed by atoms with van der Waals surface area (Å²) in [6.45, 7) is 3.65. The van der Waals surface area contributed by atoms with Gasteiger partial charge in [0.05, 0.1) is 6.42 Å². The summed E-state index contributed by atoms with van der Waals surface area (Å²) < 4.78 is 0. The summed E-state index contributed by atoms with van der Waals surface area (Å²) in [6, 6.07) is 7.43. The van der Waals surface area contributed by atoms with Crippen molar-refractivity contribution in [2.75, 3.05) is 18.4 Å². The minimum absolute atomic E-state index is 0.168. The van der Waals surface area contributed by atoms with Crippen LogP contribution in [0, 0.1) is 0 Å². The van der Waals surface area contributed by atoms with E-state index in [-0.39, 0.29) is 11.8 Å². The molecule has 0 atom stereocenters. The number of carbonyl (C=O) groups is 2. The van der Waals surface area contributed by atoms with Gasteiger partial charge in [-0.15, -0.1) is 0 Å². The molecule has 1 aromatic rings. The predicted octanol–water partition coefficient (Wildman–Crippen LogP) is 2.92. The molecule has 1 aliphatic rings. The highest BCUT2D eigenvalue weighted by Gasteiger charge is 2.17. The number of hydrogen-bond donors (Lipinski definition) is 1. The normalized spacial score (nSPS) is 14.9. The zero-order valence-corrected chi connectivity index (χ0v) is 12.9. The summed E-state index contributed by atoms with van der Waals surface area (Å²) in [5, 5.41) is 2.78. The lowest BCUT2D eigenvalue weighted by molar-refractivity contribution is -0.129. The zero-order chi connectivity index (χ0) is 15.8. The van der Waals surface area contributed by atoms with Crippen LogP contribution >= 0.6 is 0 Å². The summed E-state index contributed by atoms with van der Waals surface area (Å²) in [6.07, 6.45) is 9.47.